The fourth-order valence-corrected chi connectivity index (χ4v) is 4.07. The topological polar surface area (TPSA) is 55.6 Å². The number of nitro groups is 1. The molecule has 0 amide bonds. The minimum Gasteiger partial charge on any atom is -0.378 e. The Morgan fingerprint density at radius 1 is 1.32 bits per heavy atom. The molecule has 0 aromatic heterocycles. The Balaban J connectivity index is 1.72. The zero-order valence-corrected chi connectivity index (χ0v) is 13.5. The van der Waals surface area contributed by atoms with Crippen molar-refractivity contribution in [2.24, 2.45) is 5.92 Å². The molecule has 22 heavy (non-hydrogen) atoms. The lowest BCUT2D eigenvalue weighted by atomic mass is 9.89. The molecular formula is C16H21ClN2O3. The first kappa shape index (κ1) is 15.6. The summed E-state index contributed by atoms with van der Waals surface area (Å²) in [5.74, 6) is 0.635. The lowest BCUT2D eigenvalue weighted by Gasteiger charge is -2.36. The van der Waals surface area contributed by atoms with E-state index in [1.165, 1.54) is 18.9 Å². The van der Waals surface area contributed by atoms with E-state index >= 15 is 0 Å². The molecule has 2 heterocycles. The molecule has 0 N–H and O–H groups in total. The van der Waals surface area contributed by atoms with Gasteiger partial charge in [0.25, 0.3) is 5.69 Å². The molecule has 120 valence electrons. The number of hydrogen-bond donors (Lipinski definition) is 0. The number of benzene rings is 1. The van der Waals surface area contributed by atoms with Crippen molar-refractivity contribution < 1.29 is 9.66 Å². The van der Waals surface area contributed by atoms with Crippen molar-refractivity contribution in [3.8, 4) is 0 Å². The highest BCUT2D eigenvalue weighted by atomic mass is 35.5. The second-order valence-corrected chi connectivity index (χ2v) is 6.63. The summed E-state index contributed by atoms with van der Waals surface area (Å²) in [5, 5.41) is 11.4. The molecular weight excluding hydrogens is 304 g/mol. The Kier molecular flexibility index (Phi) is 4.54. The quantitative estimate of drug-likeness (QED) is 0.624. The van der Waals surface area contributed by atoms with E-state index in [0.29, 0.717) is 17.0 Å². The zero-order chi connectivity index (χ0) is 15.7. The maximum absolute atomic E-state index is 10.9. The van der Waals surface area contributed by atoms with Crippen LogP contribution in [0.1, 0.15) is 31.2 Å². The number of aryl methyl sites for hydroxylation is 1. The van der Waals surface area contributed by atoms with Gasteiger partial charge in [-0.15, -0.1) is 0 Å². The first-order valence-electron chi connectivity index (χ1n) is 7.87. The van der Waals surface area contributed by atoms with Crippen LogP contribution in [0.25, 0.3) is 0 Å². The Morgan fingerprint density at radius 3 is 2.59 bits per heavy atom. The minimum absolute atomic E-state index is 0.0560. The average Bonchev–Trinajstić information content (AvgIpc) is 3.01. The van der Waals surface area contributed by atoms with Crippen LogP contribution in [0.15, 0.2) is 12.1 Å². The van der Waals surface area contributed by atoms with Gasteiger partial charge in [-0.05, 0) is 44.1 Å². The summed E-state index contributed by atoms with van der Waals surface area (Å²) in [6, 6.07) is 3.06. The van der Waals surface area contributed by atoms with E-state index in [1.807, 2.05) is 6.92 Å². The number of non-ortho nitro benzene ring substituents is 1. The summed E-state index contributed by atoms with van der Waals surface area (Å²) < 4.78 is 5.80. The number of rotatable bonds is 3. The van der Waals surface area contributed by atoms with Gasteiger partial charge >= 0.3 is 0 Å². The van der Waals surface area contributed by atoms with Crippen LogP contribution in [0.4, 0.5) is 11.4 Å². The summed E-state index contributed by atoms with van der Waals surface area (Å²) in [6.45, 7) is 4.66. The monoisotopic (exact) mass is 324 g/mol. The molecule has 2 aliphatic rings. The Bertz CT molecular complexity index is 542. The molecule has 0 saturated carbocycles. The highest BCUT2D eigenvalue weighted by Crippen LogP contribution is 2.37. The van der Waals surface area contributed by atoms with Crippen LogP contribution in [0, 0.1) is 23.0 Å². The van der Waals surface area contributed by atoms with Gasteiger partial charge in [-0.25, -0.2) is 0 Å². The molecule has 0 aliphatic carbocycles. The van der Waals surface area contributed by atoms with Gasteiger partial charge in [0, 0.05) is 31.8 Å². The molecule has 2 aliphatic heterocycles. The second kappa shape index (κ2) is 6.42. The number of hydrogen-bond acceptors (Lipinski definition) is 4. The lowest BCUT2D eigenvalue weighted by molar-refractivity contribution is -0.384. The highest BCUT2D eigenvalue weighted by Gasteiger charge is 2.30. The molecule has 1 atom stereocenters. The number of piperidine rings is 1. The zero-order valence-electron chi connectivity index (χ0n) is 12.8. The Hall–Kier alpha value is -1.33. The van der Waals surface area contributed by atoms with Crippen LogP contribution in [-0.2, 0) is 4.74 Å². The first-order chi connectivity index (χ1) is 10.6. The number of nitro benzene ring substituents is 1. The van der Waals surface area contributed by atoms with Crippen molar-refractivity contribution in [3.63, 3.8) is 0 Å². The van der Waals surface area contributed by atoms with Crippen molar-refractivity contribution in [2.75, 3.05) is 24.6 Å². The van der Waals surface area contributed by atoms with Gasteiger partial charge in [-0.1, -0.05) is 11.6 Å². The van der Waals surface area contributed by atoms with Crippen molar-refractivity contribution in [3.05, 3.63) is 32.8 Å². The summed E-state index contributed by atoms with van der Waals surface area (Å²) in [7, 11) is 0. The lowest BCUT2D eigenvalue weighted by Crippen LogP contribution is -2.38. The van der Waals surface area contributed by atoms with Crippen LogP contribution in [0.3, 0.4) is 0 Å². The van der Waals surface area contributed by atoms with Gasteiger partial charge < -0.3 is 9.64 Å². The van der Waals surface area contributed by atoms with Gasteiger partial charge in [-0.2, -0.15) is 0 Å². The molecule has 3 rings (SSSR count). The number of halogens is 1. The van der Waals surface area contributed by atoms with Crippen LogP contribution in [-0.4, -0.2) is 30.7 Å². The molecule has 0 bridgehead atoms. The van der Waals surface area contributed by atoms with Gasteiger partial charge in [0.05, 0.1) is 21.7 Å². The summed E-state index contributed by atoms with van der Waals surface area (Å²) in [5.41, 5.74) is 1.87. The van der Waals surface area contributed by atoms with E-state index in [2.05, 4.69) is 4.90 Å². The molecule has 6 heteroatoms. The van der Waals surface area contributed by atoms with Gasteiger partial charge in [-0.3, -0.25) is 10.1 Å². The summed E-state index contributed by atoms with van der Waals surface area (Å²) in [6.07, 6.45) is 4.98. The van der Waals surface area contributed by atoms with Crippen molar-refractivity contribution in [1.82, 2.24) is 0 Å². The van der Waals surface area contributed by atoms with E-state index in [9.17, 15) is 10.1 Å². The van der Waals surface area contributed by atoms with E-state index in [1.54, 1.807) is 6.07 Å². The standard InChI is InChI=1S/C16H21ClN2O3/c1-11-9-13(19(20)21)10-14(17)16(11)18-6-4-12(5-7-18)15-3-2-8-22-15/h9-10,12,15H,2-8H2,1H3. The normalized spacial score (nSPS) is 23.0. The molecule has 1 aromatic carbocycles. The predicted octanol–water partition coefficient (Wildman–Crippen LogP) is 3.95. The van der Waals surface area contributed by atoms with Crippen LogP contribution in [0.5, 0.6) is 0 Å². The predicted molar refractivity (Wildman–Crippen MR) is 86.8 cm³/mol. The van der Waals surface area contributed by atoms with Crippen molar-refractivity contribution in [1.29, 1.82) is 0 Å². The average molecular weight is 325 g/mol. The third kappa shape index (κ3) is 3.06. The smallest absolute Gasteiger partial charge is 0.271 e. The van der Waals surface area contributed by atoms with Gasteiger partial charge in [0.2, 0.25) is 0 Å². The maximum Gasteiger partial charge on any atom is 0.271 e. The van der Waals surface area contributed by atoms with E-state index in [4.69, 9.17) is 16.3 Å². The van der Waals surface area contributed by atoms with E-state index in [0.717, 1.165) is 43.8 Å². The van der Waals surface area contributed by atoms with Gasteiger partial charge in [0.1, 0.15) is 0 Å². The first-order valence-corrected chi connectivity index (χ1v) is 8.25. The van der Waals surface area contributed by atoms with Crippen molar-refractivity contribution in [2.45, 2.75) is 38.7 Å². The Labute approximate surface area is 135 Å². The van der Waals surface area contributed by atoms with E-state index < -0.39 is 4.92 Å². The maximum atomic E-state index is 10.9. The summed E-state index contributed by atoms with van der Waals surface area (Å²) in [4.78, 5) is 12.8. The molecule has 0 radical (unpaired) electrons. The van der Waals surface area contributed by atoms with Crippen LogP contribution >= 0.6 is 11.6 Å². The second-order valence-electron chi connectivity index (χ2n) is 6.23. The third-order valence-corrected chi connectivity index (χ3v) is 5.08. The molecule has 2 saturated heterocycles. The van der Waals surface area contributed by atoms with E-state index in [-0.39, 0.29) is 5.69 Å². The molecule has 1 aromatic rings. The molecule has 0 spiro atoms. The van der Waals surface area contributed by atoms with Crippen LogP contribution < -0.4 is 4.90 Å². The summed E-state index contributed by atoms with van der Waals surface area (Å²) >= 11 is 6.30. The fraction of sp³-hybridized carbons (Fsp3) is 0.625. The molecule has 5 nitrogen and oxygen atoms in total. The molecule has 2 fully saturated rings. The van der Waals surface area contributed by atoms with Crippen LogP contribution in [0.2, 0.25) is 5.02 Å². The van der Waals surface area contributed by atoms with Crippen molar-refractivity contribution >= 4 is 23.0 Å². The minimum atomic E-state index is -0.397. The highest BCUT2D eigenvalue weighted by molar-refractivity contribution is 6.33. The SMILES string of the molecule is Cc1cc([N+](=O)[O-])cc(Cl)c1N1CCC(C2CCCO2)CC1. The number of ether oxygens (including phenoxy) is 1. The fourth-order valence-electron chi connectivity index (χ4n) is 3.69. The Morgan fingerprint density at radius 2 is 2.05 bits per heavy atom. The van der Waals surface area contributed by atoms with Gasteiger partial charge in [0.15, 0.2) is 0 Å². The number of anilines is 1. The number of nitrogens with zero attached hydrogens (tertiary/aromatic N) is 2. The molecule has 1 unspecified atom stereocenters. The third-order valence-electron chi connectivity index (χ3n) is 4.80. The largest absolute Gasteiger partial charge is 0.378 e.